The molecule has 2 N–H and O–H groups in total. The summed E-state index contributed by atoms with van der Waals surface area (Å²) in [5, 5.41) is 0. The van der Waals surface area contributed by atoms with Gasteiger partial charge in [0.2, 0.25) is 0 Å². The van der Waals surface area contributed by atoms with E-state index in [1.54, 1.807) is 0 Å². The molecule has 1 atom stereocenters. The van der Waals surface area contributed by atoms with Crippen molar-refractivity contribution in [3.8, 4) is 0 Å². The van der Waals surface area contributed by atoms with E-state index in [1.807, 2.05) is 0 Å². The minimum Gasteiger partial charge on any atom is -0.324 e. The SMILES string of the molecule is Br.CCCCCCCCCCCC(N)c1ccccc1. The topological polar surface area (TPSA) is 26.0 Å². The van der Waals surface area contributed by atoms with Gasteiger partial charge >= 0.3 is 0 Å². The minimum atomic E-state index is 0. The molecule has 1 aromatic carbocycles. The molecule has 0 radical (unpaired) electrons. The summed E-state index contributed by atoms with van der Waals surface area (Å²) < 4.78 is 0. The van der Waals surface area contributed by atoms with Crippen molar-refractivity contribution in [2.24, 2.45) is 5.73 Å². The zero-order valence-electron chi connectivity index (χ0n) is 13.0. The summed E-state index contributed by atoms with van der Waals surface area (Å²) in [6.45, 7) is 2.27. The fourth-order valence-electron chi connectivity index (χ4n) is 2.54. The second-order valence-electron chi connectivity index (χ2n) is 5.63. The minimum absolute atomic E-state index is 0. The lowest BCUT2D eigenvalue weighted by Gasteiger charge is -2.11. The smallest absolute Gasteiger partial charge is 0.0294 e. The van der Waals surface area contributed by atoms with E-state index in [0.29, 0.717) is 0 Å². The largest absolute Gasteiger partial charge is 0.324 e. The van der Waals surface area contributed by atoms with Gasteiger partial charge in [0.25, 0.3) is 0 Å². The average molecular weight is 342 g/mol. The van der Waals surface area contributed by atoms with Gasteiger partial charge in [0.05, 0.1) is 0 Å². The van der Waals surface area contributed by atoms with Gasteiger partial charge < -0.3 is 5.73 Å². The molecule has 2 heteroatoms. The molecule has 116 valence electrons. The molecule has 0 bridgehead atoms. The number of benzene rings is 1. The van der Waals surface area contributed by atoms with Crippen molar-refractivity contribution in [3.63, 3.8) is 0 Å². The van der Waals surface area contributed by atoms with E-state index in [2.05, 4.69) is 37.3 Å². The van der Waals surface area contributed by atoms with Gasteiger partial charge in [-0.1, -0.05) is 95.0 Å². The van der Waals surface area contributed by atoms with Gasteiger partial charge in [-0.15, -0.1) is 17.0 Å². The third kappa shape index (κ3) is 9.55. The summed E-state index contributed by atoms with van der Waals surface area (Å²) in [5.41, 5.74) is 7.47. The maximum absolute atomic E-state index is 6.19. The van der Waals surface area contributed by atoms with E-state index < -0.39 is 0 Å². The lowest BCUT2D eigenvalue weighted by molar-refractivity contribution is 0.532. The van der Waals surface area contributed by atoms with Crippen molar-refractivity contribution in [2.45, 2.75) is 77.2 Å². The maximum atomic E-state index is 6.19. The van der Waals surface area contributed by atoms with Crippen molar-refractivity contribution in [1.29, 1.82) is 0 Å². The fraction of sp³-hybridized carbons (Fsp3) is 0.667. The first-order chi connectivity index (χ1) is 9.34. The van der Waals surface area contributed by atoms with Crippen LogP contribution in [0, 0.1) is 0 Å². The number of halogens is 1. The number of rotatable bonds is 11. The monoisotopic (exact) mass is 341 g/mol. The van der Waals surface area contributed by atoms with Crippen LogP contribution in [0.3, 0.4) is 0 Å². The van der Waals surface area contributed by atoms with Crippen LogP contribution in [0.4, 0.5) is 0 Å². The molecule has 0 fully saturated rings. The van der Waals surface area contributed by atoms with Gasteiger partial charge in [0.15, 0.2) is 0 Å². The van der Waals surface area contributed by atoms with Crippen LogP contribution in [0.1, 0.15) is 82.7 Å². The highest BCUT2D eigenvalue weighted by atomic mass is 79.9. The van der Waals surface area contributed by atoms with Crippen LogP contribution in [0.25, 0.3) is 0 Å². The molecule has 0 saturated heterocycles. The molecule has 0 amide bonds. The van der Waals surface area contributed by atoms with Crippen LogP contribution in [0.5, 0.6) is 0 Å². The summed E-state index contributed by atoms with van der Waals surface area (Å²) >= 11 is 0. The third-order valence-electron chi connectivity index (χ3n) is 3.85. The van der Waals surface area contributed by atoms with Crippen LogP contribution in [0.2, 0.25) is 0 Å². The predicted octanol–water partition coefficient (Wildman–Crippen LogP) is 6.19. The second-order valence-corrected chi connectivity index (χ2v) is 5.63. The molecule has 1 unspecified atom stereocenters. The molecule has 1 rings (SSSR count). The Morgan fingerprint density at radius 3 is 1.85 bits per heavy atom. The van der Waals surface area contributed by atoms with E-state index >= 15 is 0 Å². The van der Waals surface area contributed by atoms with Crippen LogP contribution in [0.15, 0.2) is 30.3 Å². The molecule has 0 spiro atoms. The fourth-order valence-corrected chi connectivity index (χ4v) is 2.54. The molecule has 0 aliphatic carbocycles. The standard InChI is InChI=1S/C18H31N.BrH/c1-2-3-4-5-6-7-8-9-13-16-18(19)17-14-11-10-12-15-17;/h10-12,14-15,18H,2-9,13,16,19H2,1H3;1H. The average Bonchev–Trinajstić information content (AvgIpc) is 2.46. The molecular weight excluding hydrogens is 310 g/mol. The highest BCUT2D eigenvalue weighted by Crippen LogP contribution is 2.18. The van der Waals surface area contributed by atoms with Crippen molar-refractivity contribution in [2.75, 3.05) is 0 Å². The van der Waals surface area contributed by atoms with E-state index in [-0.39, 0.29) is 23.0 Å². The normalized spacial score (nSPS) is 11.9. The predicted molar refractivity (Wildman–Crippen MR) is 95.5 cm³/mol. The first kappa shape index (κ1) is 19.7. The summed E-state index contributed by atoms with van der Waals surface area (Å²) in [7, 11) is 0. The zero-order valence-corrected chi connectivity index (χ0v) is 14.7. The van der Waals surface area contributed by atoms with E-state index in [0.717, 1.165) is 6.42 Å². The number of nitrogens with two attached hydrogens (primary N) is 1. The summed E-state index contributed by atoms with van der Waals surface area (Å²) in [4.78, 5) is 0. The third-order valence-corrected chi connectivity index (χ3v) is 3.85. The maximum Gasteiger partial charge on any atom is 0.0294 e. The number of hydrogen-bond acceptors (Lipinski definition) is 1. The number of hydrogen-bond donors (Lipinski definition) is 1. The molecule has 0 heterocycles. The summed E-state index contributed by atoms with van der Waals surface area (Å²) in [6, 6.07) is 10.7. The van der Waals surface area contributed by atoms with E-state index in [9.17, 15) is 0 Å². The Labute approximate surface area is 136 Å². The Bertz CT molecular complexity index is 300. The summed E-state index contributed by atoms with van der Waals surface area (Å²) in [6.07, 6.45) is 13.6. The van der Waals surface area contributed by atoms with Gasteiger partial charge in [-0.3, -0.25) is 0 Å². The highest BCUT2D eigenvalue weighted by Gasteiger charge is 2.04. The van der Waals surface area contributed by atoms with Gasteiger partial charge in [-0.05, 0) is 12.0 Å². The van der Waals surface area contributed by atoms with Gasteiger partial charge in [0, 0.05) is 6.04 Å². The lowest BCUT2D eigenvalue weighted by atomic mass is 10.0. The number of unbranched alkanes of at least 4 members (excludes halogenated alkanes) is 8. The molecule has 1 nitrogen and oxygen atoms in total. The molecule has 20 heavy (non-hydrogen) atoms. The molecule has 0 aliphatic heterocycles. The highest BCUT2D eigenvalue weighted by molar-refractivity contribution is 8.93. The lowest BCUT2D eigenvalue weighted by Crippen LogP contribution is -2.09. The molecule has 1 aromatic rings. The first-order valence-corrected chi connectivity index (χ1v) is 8.15. The Morgan fingerprint density at radius 2 is 1.30 bits per heavy atom. The molecular formula is C18H32BrN. The first-order valence-electron chi connectivity index (χ1n) is 8.15. The van der Waals surface area contributed by atoms with E-state index in [1.165, 1.54) is 63.4 Å². The summed E-state index contributed by atoms with van der Waals surface area (Å²) in [5.74, 6) is 0. The second kappa shape index (κ2) is 13.6. The Morgan fingerprint density at radius 1 is 0.800 bits per heavy atom. The van der Waals surface area contributed by atoms with Crippen LogP contribution in [-0.4, -0.2) is 0 Å². The van der Waals surface area contributed by atoms with Crippen molar-refractivity contribution in [1.82, 2.24) is 0 Å². The quantitative estimate of drug-likeness (QED) is 0.477. The van der Waals surface area contributed by atoms with Crippen LogP contribution in [-0.2, 0) is 0 Å². The van der Waals surface area contributed by atoms with Crippen molar-refractivity contribution in [3.05, 3.63) is 35.9 Å². The molecule has 0 saturated carbocycles. The van der Waals surface area contributed by atoms with Crippen molar-refractivity contribution >= 4 is 17.0 Å². The Hall–Kier alpha value is -0.340. The van der Waals surface area contributed by atoms with Crippen LogP contribution >= 0.6 is 17.0 Å². The van der Waals surface area contributed by atoms with Crippen molar-refractivity contribution < 1.29 is 0 Å². The molecule has 0 aliphatic rings. The van der Waals surface area contributed by atoms with Crippen LogP contribution < -0.4 is 5.73 Å². The Kier molecular flexibility index (Phi) is 13.4. The van der Waals surface area contributed by atoms with E-state index in [4.69, 9.17) is 5.73 Å². The Balaban J connectivity index is 0.00000361. The molecule has 0 aromatic heterocycles. The zero-order chi connectivity index (χ0) is 13.8. The van der Waals surface area contributed by atoms with Gasteiger partial charge in [-0.2, -0.15) is 0 Å². The van der Waals surface area contributed by atoms with Gasteiger partial charge in [0.1, 0.15) is 0 Å². The van der Waals surface area contributed by atoms with Gasteiger partial charge in [-0.25, -0.2) is 0 Å².